The maximum absolute atomic E-state index is 5.96. The third kappa shape index (κ3) is 2.97. The first-order chi connectivity index (χ1) is 13.3. The van der Waals surface area contributed by atoms with Gasteiger partial charge in [0.2, 0.25) is 0 Å². The minimum absolute atomic E-state index is 0.303. The summed E-state index contributed by atoms with van der Waals surface area (Å²) in [6.07, 6.45) is 5.87. The molecule has 27 heavy (non-hydrogen) atoms. The number of fused-ring (bicyclic) bond motifs is 1. The number of hydrogen-bond donors (Lipinski definition) is 0. The summed E-state index contributed by atoms with van der Waals surface area (Å²) < 4.78 is 9.92. The van der Waals surface area contributed by atoms with Crippen molar-refractivity contribution >= 4 is 17.1 Å². The Hall–Kier alpha value is -3.16. The molecule has 0 radical (unpaired) electrons. The molecule has 1 saturated heterocycles. The van der Waals surface area contributed by atoms with Crippen LogP contribution in [-0.4, -0.2) is 42.6 Å². The highest BCUT2D eigenvalue weighted by molar-refractivity contribution is 5.74. The number of aromatic nitrogens is 6. The van der Waals surface area contributed by atoms with E-state index in [9.17, 15) is 0 Å². The average Bonchev–Trinajstić information content (AvgIpc) is 3.43. The molecule has 1 aliphatic rings. The Morgan fingerprint density at radius 3 is 2.96 bits per heavy atom. The van der Waals surface area contributed by atoms with Gasteiger partial charge in [0, 0.05) is 38.4 Å². The number of para-hydroxylation sites is 2. The molecule has 8 nitrogen and oxygen atoms in total. The second-order valence-electron chi connectivity index (χ2n) is 6.99. The maximum atomic E-state index is 5.96. The van der Waals surface area contributed by atoms with Gasteiger partial charge >= 0.3 is 0 Å². The SMILES string of the molecule is Cn1c(Cn2cccn2)nnc1[C@H]1CCCN(c2nc3ccccc3o2)C1. The quantitative estimate of drug-likeness (QED) is 0.555. The average molecular weight is 363 g/mol. The van der Waals surface area contributed by atoms with Gasteiger partial charge in [-0.25, -0.2) is 0 Å². The Balaban J connectivity index is 1.37. The lowest BCUT2D eigenvalue weighted by molar-refractivity contribution is 0.448. The van der Waals surface area contributed by atoms with Crippen molar-refractivity contribution in [2.75, 3.05) is 18.0 Å². The van der Waals surface area contributed by atoms with Gasteiger partial charge in [0.25, 0.3) is 6.01 Å². The van der Waals surface area contributed by atoms with Crippen LogP contribution in [-0.2, 0) is 13.6 Å². The maximum Gasteiger partial charge on any atom is 0.298 e. The molecule has 8 heteroatoms. The fourth-order valence-corrected chi connectivity index (χ4v) is 3.76. The summed E-state index contributed by atoms with van der Waals surface area (Å²) in [4.78, 5) is 6.87. The molecule has 0 N–H and O–H groups in total. The predicted octanol–water partition coefficient (Wildman–Crippen LogP) is 2.59. The van der Waals surface area contributed by atoms with Crippen molar-refractivity contribution in [3.05, 3.63) is 54.4 Å². The molecule has 1 atom stereocenters. The van der Waals surface area contributed by atoms with Crippen molar-refractivity contribution < 1.29 is 4.42 Å². The van der Waals surface area contributed by atoms with Crippen LogP contribution in [0.4, 0.5) is 6.01 Å². The van der Waals surface area contributed by atoms with Crippen molar-refractivity contribution in [2.45, 2.75) is 25.3 Å². The molecule has 5 rings (SSSR count). The van der Waals surface area contributed by atoms with Gasteiger partial charge in [0.05, 0.1) is 0 Å². The third-order valence-corrected chi connectivity index (χ3v) is 5.20. The second-order valence-corrected chi connectivity index (χ2v) is 6.99. The zero-order chi connectivity index (χ0) is 18.2. The summed E-state index contributed by atoms with van der Waals surface area (Å²) in [5.74, 6) is 2.23. The van der Waals surface area contributed by atoms with Crippen LogP contribution in [0.3, 0.4) is 0 Å². The minimum Gasteiger partial charge on any atom is -0.423 e. The van der Waals surface area contributed by atoms with E-state index in [-0.39, 0.29) is 0 Å². The minimum atomic E-state index is 0.303. The van der Waals surface area contributed by atoms with Gasteiger partial charge in [-0.1, -0.05) is 12.1 Å². The number of anilines is 1. The Kier molecular flexibility index (Phi) is 3.88. The van der Waals surface area contributed by atoms with E-state index in [0.29, 0.717) is 18.5 Å². The highest BCUT2D eigenvalue weighted by Crippen LogP contribution is 2.30. The highest BCUT2D eigenvalue weighted by atomic mass is 16.4. The topological polar surface area (TPSA) is 77.8 Å². The lowest BCUT2D eigenvalue weighted by Crippen LogP contribution is -2.35. The fourth-order valence-electron chi connectivity index (χ4n) is 3.76. The Labute approximate surface area is 156 Å². The van der Waals surface area contributed by atoms with Crippen LogP contribution in [0.2, 0.25) is 0 Å². The predicted molar refractivity (Wildman–Crippen MR) is 101 cm³/mol. The summed E-state index contributed by atoms with van der Waals surface area (Å²) in [5, 5.41) is 13.1. The molecule has 0 bridgehead atoms. The Morgan fingerprint density at radius 1 is 1.19 bits per heavy atom. The van der Waals surface area contributed by atoms with Crippen LogP contribution in [0.15, 0.2) is 47.1 Å². The molecule has 0 saturated carbocycles. The molecule has 4 heterocycles. The van der Waals surface area contributed by atoms with Gasteiger partial charge in [0.15, 0.2) is 11.4 Å². The number of piperidine rings is 1. The monoisotopic (exact) mass is 363 g/mol. The molecule has 138 valence electrons. The standard InChI is InChI=1S/C19H21N7O/c1-24-17(13-26-11-5-9-20-26)22-23-18(24)14-6-4-10-25(12-14)19-21-15-7-2-3-8-16(15)27-19/h2-3,5,7-9,11,14H,4,6,10,12-13H2,1H3/t14-/m0/s1. The van der Waals surface area contributed by atoms with Crippen molar-refractivity contribution in [3.63, 3.8) is 0 Å². The molecule has 1 aliphatic heterocycles. The highest BCUT2D eigenvalue weighted by Gasteiger charge is 2.28. The third-order valence-electron chi connectivity index (χ3n) is 5.20. The van der Waals surface area contributed by atoms with Gasteiger partial charge in [-0.05, 0) is 31.0 Å². The normalized spacial score (nSPS) is 17.7. The molecule has 1 aromatic carbocycles. The van der Waals surface area contributed by atoms with E-state index in [1.807, 2.05) is 48.3 Å². The molecule has 3 aromatic heterocycles. The van der Waals surface area contributed by atoms with Crippen LogP contribution >= 0.6 is 0 Å². The van der Waals surface area contributed by atoms with Gasteiger partial charge < -0.3 is 13.9 Å². The molecule has 0 aliphatic carbocycles. The first kappa shape index (κ1) is 16.0. The number of rotatable bonds is 4. The van der Waals surface area contributed by atoms with E-state index in [4.69, 9.17) is 4.42 Å². The first-order valence-corrected chi connectivity index (χ1v) is 9.24. The van der Waals surface area contributed by atoms with Gasteiger partial charge in [0.1, 0.15) is 17.9 Å². The van der Waals surface area contributed by atoms with E-state index in [1.54, 1.807) is 6.20 Å². The molecule has 0 unspecified atom stereocenters. The van der Waals surface area contributed by atoms with Gasteiger partial charge in [-0.2, -0.15) is 10.1 Å². The largest absolute Gasteiger partial charge is 0.423 e. The van der Waals surface area contributed by atoms with Crippen LogP contribution in [0.1, 0.15) is 30.4 Å². The van der Waals surface area contributed by atoms with Gasteiger partial charge in [-0.15, -0.1) is 10.2 Å². The molecule has 0 spiro atoms. The summed E-state index contributed by atoms with van der Waals surface area (Å²) in [6.45, 7) is 2.40. The van der Waals surface area contributed by atoms with Crippen LogP contribution in [0, 0.1) is 0 Å². The number of hydrogen-bond acceptors (Lipinski definition) is 6. The molecule has 0 amide bonds. The lowest BCUT2D eigenvalue weighted by Gasteiger charge is -2.31. The van der Waals surface area contributed by atoms with Crippen LogP contribution < -0.4 is 4.90 Å². The summed E-state index contributed by atoms with van der Waals surface area (Å²) in [5.41, 5.74) is 1.73. The summed E-state index contributed by atoms with van der Waals surface area (Å²) >= 11 is 0. The molecule has 4 aromatic rings. The zero-order valence-electron chi connectivity index (χ0n) is 15.2. The van der Waals surface area contributed by atoms with E-state index < -0.39 is 0 Å². The Morgan fingerprint density at radius 2 is 2.11 bits per heavy atom. The van der Waals surface area contributed by atoms with E-state index in [0.717, 1.165) is 48.7 Å². The van der Waals surface area contributed by atoms with Crippen molar-refractivity contribution in [1.29, 1.82) is 0 Å². The first-order valence-electron chi connectivity index (χ1n) is 9.24. The Bertz CT molecular complexity index is 1020. The van der Waals surface area contributed by atoms with E-state index in [2.05, 4.69) is 29.7 Å². The number of nitrogens with zero attached hydrogens (tertiary/aromatic N) is 7. The van der Waals surface area contributed by atoms with E-state index >= 15 is 0 Å². The molecule has 1 fully saturated rings. The van der Waals surface area contributed by atoms with Crippen LogP contribution in [0.25, 0.3) is 11.1 Å². The molecular formula is C19H21N7O. The molecular weight excluding hydrogens is 342 g/mol. The lowest BCUT2D eigenvalue weighted by atomic mass is 9.97. The van der Waals surface area contributed by atoms with Crippen molar-refractivity contribution in [1.82, 2.24) is 29.5 Å². The number of benzene rings is 1. The van der Waals surface area contributed by atoms with Crippen LogP contribution in [0.5, 0.6) is 0 Å². The van der Waals surface area contributed by atoms with Crippen molar-refractivity contribution in [2.24, 2.45) is 7.05 Å². The summed E-state index contributed by atoms with van der Waals surface area (Å²) in [7, 11) is 2.03. The number of oxazole rings is 1. The van der Waals surface area contributed by atoms with Crippen molar-refractivity contribution in [3.8, 4) is 0 Å². The zero-order valence-corrected chi connectivity index (χ0v) is 15.2. The fraction of sp³-hybridized carbons (Fsp3) is 0.368. The second kappa shape index (κ2) is 6.53. The van der Waals surface area contributed by atoms with E-state index in [1.165, 1.54) is 0 Å². The van der Waals surface area contributed by atoms with Gasteiger partial charge in [-0.3, -0.25) is 4.68 Å². The summed E-state index contributed by atoms with van der Waals surface area (Å²) in [6, 6.07) is 10.5. The smallest absolute Gasteiger partial charge is 0.298 e.